The van der Waals surface area contributed by atoms with Crippen LogP contribution < -0.4 is 10.6 Å². The van der Waals surface area contributed by atoms with E-state index in [1.54, 1.807) is 0 Å². The van der Waals surface area contributed by atoms with Crippen molar-refractivity contribution >= 4 is 5.91 Å². The zero-order chi connectivity index (χ0) is 8.10. The topological polar surface area (TPSA) is 41.1 Å². The van der Waals surface area contributed by atoms with Gasteiger partial charge >= 0.3 is 0 Å². The summed E-state index contributed by atoms with van der Waals surface area (Å²) in [6.45, 7) is 1.61. The van der Waals surface area contributed by atoms with Crippen molar-refractivity contribution in [3.8, 4) is 0 Å². The second-order valence-electron chi connectivity index (χ2n) is 3.10. The van der Waals surface area contributed by atoms with Crippen LogP contribution in [0.5, 0.6) is 0 Å². The minimum absolute atomic E-state index is 0.211. The molecule has 1 fully saturated rings. The number of nitrogens with one attached hydrogen (secondary N) is 2. The zero-order valence-electron chi connectivity index (χ0n) is 7.02. The molecule has 0 heterocycles. The summed E-state index contributed by atoms with van der Waals surface area (Å²) >= 11 is 0. The first-order chi connectivity index (χ1) is 5.33. The number of amides is 1. The van der Waals surface area contributed by atoms with Gasteiger partial charge in [0.05, 0.1) is 0 Å². The predicted molar refractivity (Wildman–Crippen MR) is 44.3 cm³/mol. The van der Waals surface area contributed by atoms with E-state index >= 15 is 0 Å². The van der Waals surface area contributed by atoms with E-state index in [1.807, 2.05) is 7.05 Å². The smallest absolute Gasteiger partial charge is 0.220 e. The SMILES string of the molecule is CNCCNC(=O)CC1CC1. The number of carbonyl (C=O) groups excluding carboxylic acids is 1. The first kappa shape index (κ1) is 8.53. The zero-order valence-corrected chi connectivity index (χ0v) is 7.02. The lowest BCUT2D eigenvalue weighted by Crippen LogP contribution is -2.30. The molecule has 0 aromatic heterocycles. The number of rotatable bonds is 5. The molecule has 1 saturated carbocycles. The number of hydrogen-bond acceptors (Lipinski definition) is 2. The maximum Gasteiger partial charge on any atom is 0.220 e. The fourth-order valence-electron chi connectivity index (χ4n) is 0.983. The minimum atomic E-state index is 0.211. The lowest BCUT2D eigenvalue weighted by Gasteiger charge is -2.02. The molecule has 2 N–H and O–H groups in total. The van der Waals surface area contributed by atoms with Crippen LogP contribution in [0.3, 0.4) is 0 Å². The van der Waals surface area contributed by atoms with Gasteiger partial charge < -0.3 is 10.6 Å². The van der Waals surface area contributed by atoms with Crippen molar-refractivity contribution in [1.82, 2.24) is 10.6 Å². The van der Waals surface area contributed by atoms with Crippen LogP contribution in [0.25, 0.3) is 0 Å². The van der Waals surface area contributed by atoms with E-state index in [9.17, 15) is 4.79 Å². The van der Waals surface area contributed by atoms with Crippen LogP contribution in [-0.4, -0.2) is 26.0 Å². The van der Waals surface area contributed by atoms with Crippen molar-refractivity contribution in [1.29, 1.82) is 0 Å². The molecule has 3 nitrogen and oxygen atoms in total. The summed E-state index contributed by atoms with van der Waals surface area (Å²) in [4.78, 5) is 11.0. The van der Waals surface area contributed by atoms with Crippen LogP contribution in [0.4, 0.5) is 0 Å². The van der Waals surface area contributed by atoms with Crippen molar-refractivity contribution in [2.75, 3.05) is 20.1 Å². The summed E-state index contributed by atoms with van der Waals surface area (Å²) in [5.74, 6) is 0.910. The molecule has 11 heavy (non-hydrogen) atoms. The Bertz CT molecular complexity index is 132. The molecule has 0 aromatic carbocycles. The monoisotopic (exact) mass is 156 g/mol. The standard InChI is InChI=1S/C8H16N2O/c1-9-4-5-10-8(11)6-7-2-3-7/h7,9H,2-6H2,1H3,(H,10,11). The summed E-state index contributed by atoms with van der Waals surface area (Å²) in [6.07, 6.45) is 3.24. The molecule has 0 aromatic rings. The first-order valence-electron chi connectivity index (χ1n) is 4.24. The van der Waals surface area contributed by atoms with Gasteiger partial charge in [0.1, 0.15) is 0 Å². The summed E-state index contributed by atoms with van der Waals surface area (Å²) in [5.41, 5.74) is 0. The Balaban J connectivity index is 1.92. The number of carbonyl (C=O) groups is 1. The molecule has 0 aliphatic heterocycles. The predicted octanol–water partition coefficient (Wildman–Crippen LogP) is 0.122. The van der Waals surface area contributed by atoms with Gasteiger partial charge in [0.25, 0.3) is 0 Å². The fraction of sp³-hybridized carbons (Fsp3) is 0.875. The molecule has 1 amide bonds. The van der Waals surface area contributed by atoms with Crippen LogP contribution in [0.15, 0.2) is 0 Å². The maximum absolute atomic E-state index is 11.0. The van der Waals surface area contributed by atoms with Gasteiger partial charge in [0.15, 0.2) is 0 Å². The Kier molecular flexibility index (Phi) is 3.36. The van der Waals surface area contributed by atoms with Crippen molar-refractivity contribution in [3.05, 3.63) is 0 Å². The van der Waals surface area contributed by atoms with E-state index in [1.165, 1.54) is 12.8 Å². The van der Waals surface area contributed by atoms with E-state index < -0.39 is 0 Å². The van der Waals surface area contributed by atoms with Gasteiger partial charge in [-0.25, -0.2) is 0 Å². The summed E-state index contributed by atoms with van der Waals surface area (Å²) in [5, 5.41) is 5.83. The van der Waals surface area contributed by atoms with Crippen LogP contribution in [0.2, 0.25) is 0 Å². The maximum atomic E-state index is 11.0. The molecule has 0 bridgehead atoms. The molecule has 1 rings (SSSR count). The Morgan fingerprint density at radius 3 is 2.73 bits per heavy atom. The molecule has 0 saturated heterocycles. The highest BCUT2D eigenvalue weighted by Crippen LogP contribution is 2.31. The minimum Gasteiger partial charge on any atom is -0.355 e. The Labute approximate surface area is 67.5 Å². The van der Waals surface area contributed by atoms with Crippen molar-refractivity contribution in [3.63, 3.8) is 0 Å². The average molecular weight is 156 g/mol. The number of hydrogen-bond donors (Lipinski definition) is 2. The quantitative estimate of drug-likeness (QED) is 0.555. The molecule has 3 heteroatoms. The van der Waals surface area contributed by atoms with Gasteiger partial charge in [0.2, 0.25) is 5.91 Å². The largest absolute Gasteiger partial charge is 0.355 e. The Hall–Kier alpha value is -0.570. The molecule has 1 aliphatic rings. The van der Waals surface area contributed by atoms with Crippen molar-refractivity contribution < 1.29 is 4.79 Å². The molecule has 0 spiro atoms. The van der Waals surface area contributed by atoms with Gasteiger partial charge in [0, 0.05) is 19.5 Å². The fourth-order valence-corrected chi connectivity index (χ4v) is 0.983. The van der Waals surface area contributed by atoms with E-state index in [0.717, 1.165) is 19.5 Å². The highest BCUT2D eigenvalue weighted by molar-refractivity contribution is 5.76. The molecule has 0 unspecified atom stereocenters. The normalized spacial score (nSPS) is 16.5. The average Bonchev–Trinajstić information content (AvgIpc) is 2.72. The van der Waals surface area contributed by atoms with Crippen LogP contribution in [-0.2, 0) is 4.79 Å². The third kappa shape index (κ3) is 3.98. The van der Waals surface area contributed by atoms with Crippen LogP contribution in [0.1, 0.15) is 19.3 Å². The van der Waals surface area contributed by atoms with E-state index in [2.05, 4.69) is 10.6 Å². The number of likely N-dealkylation sites (N-methyl/N-ethyl adjacent to an activating group) is 1. The van der Waals surface area contributed by atoms with Crippen molar-refractivity contribution in [2.45, 2.75) is 19.3 Å². The second-order valence-corrected chi connectivity index (χ2v) is 3.10. The van der Waals surface area contributed by atoms with Crippen LogP contribution >= 0.6 is 0 Å². The van der Waals surface area contributed by atoms with E-state index in [-0.39, 0.29) is 5.91 Å². The molecule has 0 atom stereocenters. The summed E-state index contributed by atoms with van der Waals surface area (Å²) < 4.78 is 0. The first-order valence-corrected chi connectivity index (χ1v) is 4.24. The Morgan fingerprint density at radius 1 is 1.45 bits per heavy atom. The lowest BCUT2D eigenvalue weighted by atomic mass is 10.3. The van der Waals surface area contributed by atoms with Gasteiger partial charge in [-0.15, -0.1) is 0 Å². The van der Waals surface area contributed by atoms with Crippen molar-refractivity contribution in [2.24, 2.45) is 5.92 Å². The molecular formula is C8H16N2O. The summed E-state index contributed by atoms with van der Waals surface area (Å²) in [6, 6.07) is 0. The highest BCUT2D eigenvalue weighted by atomic mass is 16.1. The molecule has 0 radical (unpaired) electrons. The second kappa shape index (κ2) is 4.34. The third-order valence-electron chi connectivity index (χ3n) is 1.87. The van der Waals surface area contributed by atoms with Crippen LogP contribution in [0, 0.1) is 5.92 Å². The van der Waals surface area contributed by atoms with E-state index in [0.29, 0.717) is 5.92 Å². The highest BCUT2D eigenvalue weighted by Gasteiger charge is 2.23. The van der Waals surface area contributed by atoms with Gasteiger partial charge in [-0.1, -0.05) is 0 Å². The molecular weight excluding hydrogens is 140 g/mol. The lowest BCUT2D eigenvalue weighted by molar-refractivity contribution is -0.121. The van der Waals surface area contributed by atoms with Gasteiger partial charge in [-0.2, -0.15) is 0 Å². The van der Waals surface area contributed by atoms with Gasteiger partial charge in [-0.05, 0) is 25.8 Å². The molecule has 64 valence electrons. The van der Waals surface area contributed by atoms with Gasteiger partial charge in [-0.3, -0.25) is 4.79 Å². The van der Waals surface area contributed by atoms with E-state index in [4.69, 9.17) is 0 Å². The molecule has 1 aliphatic carbocycles. The summed E-state index contributed by atoms with van der Waals surface area (Å²) in [7, 11) is 1.88. The Morgan fingerprint density at radius 2 is 2.18 bits per heavy atom. The third-order valence-corrected chi connectivity index (χ3v) is 1.87.